The lowest BCUT2D eigenvalue weighted by molar-refractivity contribution is 0.0204. The Bertz CT molecular complexity index is 404. The lowest BCUT2D eigenvalue weighted by Crippen LogP contribution is -2.26. The van der Waals surface area contributed by atoms with Crippen LogP contribution in [0.3, 0.4) is 0 Å². The molecule has 0 fully saturated rings. The maximum absolute atomic E-state index is 11.4. The van der Waals surface area contributed by atoms with E-state index in [0.717, 1.165) is 3.70 Å². The van der Waals surface area contributed by atoms with Gasteiger partial charge >= 0.3 is 6.16 Å². The Morgan fingerprint density at radius 2 is 2.06 bits per heavy atom. The number of carbonyl (C=O) groups excluding carboxylic acids is 1. The summed E-state index contributed by atoms with van der Waals surface area (Å²) in [7, 11) is 0. The highest BCUT2D eigenvalue weighted by Gasteiger charge is 2.19. The van der Waals surface area contributed by atoms with Crippen LogP contribution in [0.1, 0.15) is 20.8 Å². The van der Waals surface area contributed by atoms with Gasteiger partial charge in [0.25, 0.3) is 0 Å². The number of rotatable bonds is 1. The summed E-state index contributed by atoms with van der Waals surface area (Å²) in [6.45, 7) is 5.32. The highest BCUT2D eigenvalue weighted by molar-refractivity contribution is 14.1. The summed E-state index contributed by atoms with van der Waals surface area (Å²) in [6, 6.07) is 3.40. The molecule has 1 rings (SSSR count). The Kier molecular flexibility index (Phi) is 4.54. The zero-order chi connectivity index (χ0) is 12.3. The number of hydrogen-bond acceptors (Lipinski definition) is 4. The van der Waals surface area contributed by atoms with Gasteiger partial charge in [-0.2, -0.15) is 0 Å². The van der Waals surface area contributed by atoms with Crippen molar-refractivity contribution < 1.29 is 14.3 Å². The molecule has 1 heterocycles. The van der Waals surface area contributed by atoms with Crippen molar-refractivity contribution in [2.45, 2.75) is 26.4 Å². The Balaban J connectivity index is 2.70. The Hall–Kier alpha value is -0.370. The predicted molar refractivity (Wildman–Crippen MR) is 71.5 cm³/mol. The summed E-state index contributed by atoms with van der Waals surface area (Å²) in [5, 5.41) is 0. The number of hydrogen-bond donors (Lipinski definition) is 0. The number of aromatic nitrogens is 1. The molecule has 16 heavy (non-hydrogen) atoms. The van der Waals surface area contributed by atoms with Gasteiger partial charge in [-0.3, -0.25) is 0 Å². The Morgan fingerprint density at radius 1 is 1.44 bits per heavy atom. The molecule has 0 amide bonds. The summed E-state index contributed by atoms with van der Waals surface area (Å²) in [4.78, 5) is 15.5. The zero-order valence-corrected chi connectivity index (χ0v) is 12.8. The second-order valence-electron chi connectivity index (χ2n) is 3.99. The SMILES string of the molecule is CC(C)(C)OC(=O)Oc1ccc(I)nc1Br. The number of ether oxygens (including phenoxy) is 2. The van der Waals surface area contributed by atoms with Gasteiger partial charge in [0.1, 0.15) is 13.9 Å². The summed E-state index contributed by atoms with van der Waals surface area (Å²) < 4.78 is 11.3. The molecule has 0 spiro atoms. The van der Waals surface area contributed by atoms with Gasteiger partial charge in [-0.15, -0.1) is 0 Å². The third-order valence-electron chi connectivity index (χ3n) is 1.36. The minimum atomic E-state index is -0.740. The monoisotopic (exact) mass is 399 g/mol. The molecule has 6 heteroatoms. The lowest BCUT2D eigenvalue weighted by Gasteiger charge is -2.18. The summed E-state index contributed by atoms with van der Waals surface area (Å²) >= 11 is 5.27. The molecule has 0 atom stereocenters. The number of nitrogens with zero attached hydrogens (tertiary/aromatic N) is 1. The van der Waals surface area contributed by atoms with Crippen molar-refractivity contribution in [3.63, 3.8) is 0 Å². The molecule has 0 aliphatic heterocycles. The van der Waals surface area contributed by atoms with Crippen molar-refractivity contribution >= 4 is 44.7 Å². The molecule has 1 aromatic rings. The van der Waals surface area contributed by atoms with Gasteiger partial charge in [-0.05, 0) is 71.4 Å². The number of carbonyl (C=O) groups is 1. The molecule has 0 unspecified atom stereocenters. The molecule has 0 bridgehead atoms. The lowest BCUT2D eigenvalue weighted by atomic mass is 10.2. The largest absolute Gasteiger partial charge is 0.514 e. The first-order valence-electron chi connectivity index (χ1n) is 4.51. The van der Waals surface area contributed by atoms with Crippen molar-refractivity contribution in [1.82, 2.24) is 4.98 Å². The molecular weight excluding hydrogens is 389 g/mol. The summed E-state index contributed by atoms with van der Waals surface area (Å²) in [6.07, 6.45) is -0.740. The van der Waals surface area contributed by atoms with Crippen LogP contribution in [0.4, 0.5) is 4.79 Å². The molecule has 88 valence electrons. The van der Waals surface area contributed by atoms with Gasteiger partial charge in [0.2, 0.25) is 0 Å². The Morgan fingerprint density at radius 3 is 2.56 bits per heavy atom. The fourth-order valence-corrected chi connectivity index (χ4v) is 1.99. The van der Waals surface area contributed by atoms with Crippen LogP contribution in [-0.2, 0) is 4.74 Å². The van der Waals surface area contributed by atoms with Crippen LogP contribution in [-0.4, -0.2) is 16.7 Å². The smallest absolute Gasteiger partial charge is 0.428 e. The van der Waals surface area contributed by atoms with Gasteiger partial charge in [-0.25, -0.2) is 9.78 Å². The van der Waals surface area contributed by atoms with E-state index in [0.29, 0.717) is 10.4 Å². The van der Waals surface area contributed by atoms with E-state index >= 15 is 0 Å². The molecule has 4 nitrogen and oxygen atoms in total. The van der Waals surface area contributed by atoms with E-state index in [1.165, 1.54) is 0 Å². The first-order valence-corrected chi connectivity index (χ1v) is 6.38. The van der Waals surface area contributed by atoms with Gasteiger partial charge in [0.05, 0.1) is 0 Å². The molecule has 1 aromatic heterocycles. The fraction of sp³-hybridized carbons (Fsp3) is 0.400. The average Bonchev–Trinajstić information content (AvgIpc) is 2.06. The topological polar surface area (TPSA) is 48.4 Å². The van der Waals surface area contributed by atoms with Crippen molar-refractivity contribution in [3.05, 3.63) is 20.4 Å². The number of pyridine rings is 1. The van der Waals surface area contributed by atoms with E-state index in [-0.39, 0.29) is 0 Å². The maximum atomic E-state index is 11.4. The second-order valence-corrected chi connectivity index (χ2v) is 5.85. The third kappa shape index (κ3) is 4.65. The van der Waals surface area contributed by atoms with E-state index in [1.807, 2.05) is 0 Å². The van der Waals surface area contributed by atoms with E-state index in [4.69, 9.17) is 9.47 Å². The van der Waals surface area contributed by atoms with Crippen LogP contribution in [0, 0.1) is 3.70 Å². The second kappa shape index (κ2) is 5.31. The minimum Gasteiger partial charge on any atom is -0.428 e. The molecule has 0 saturated heterocycles. The minimum absolute atomic E-state index is 0.342. The zero-order valence-electron chi connectivity index (χ0n) is 9.08. The molecule has 0 radical (unpaired) electrons. The van der Waals surface area contributed by atoms with Gasteiger partial charge in [0.15, 0.2) is 5.75 Å². The predicted octanol–water partition coefficient (Wildman–Crippen LogP) is 3.76. The highest BCUT2D eigenvalue weighted by atomic mass is 127. The van der Waals surface area contributed by atoms with Gasteiger partial charge in [-0.1, -0.05) is 0 Å². The standard InChI is InChI=1S/C10H11BrINO3/c1-10(2,3)16-9(14)15-6-4-5-7(12)13-8(6)11/h4-5H,1-3H3. The quantitative estimate of drug-likeness (QED) is 0.409. The number of halogens is 2. The van der Waals surface area contributed by atoms with Crippen molar-refractivity contribution in [1.29, 1.82) is 0 Å². The highest BCUT2D eigenvalue weighted by Crippen LogP contribution is 2.24. The van der Waals surface area contributed by atoms with E-state index in [2.05, 4.69) is 43.5 Å². The normalized spacial score (nSPS) is 11.1. The summed E-state index contributed by atoms with van der Waals surface area (Å²) in [5.74, 6) is 0.342. The van der Waals surface area contributed by atoms with Gasteiger partial charge < -0.3 is 9.47 Å². The molecule has 0 N–H and O–H groups in total. The maximum Gasteiger partial charge on any atom is 0.514 e. The van der Waals surface area contributed by atoms with E-state index < -0.39 is 11.8 Å². The van der Waals surface area contributed by atoms with Crippen LogP contribution < -0.4 is 4.74 Å². The third-order valence-corrected chi connectivity index (χ3v) is 2.53. The molecule has 0 aromatic carbocycles. The van der Waals surface area contributed by atoms with Gasteiger partial charge in [0, 0.05) is 0 Å². The van der Waals surface area contributed by atoms with Crippen molar-refractivity contribution in [3.8, 4) is 5.75 Å². The van der Waals surface area contributed by atoms with Crippen LogP contribution >= 0.6 is 38.5 Å². The van der Waals surface area contributed by atoms with E-state index in [9.17, 15) is 4.79 Å². The first-order chi connectivity index (χ1) is 7.28. The average molecular weight is 400 g/mol. The van der Waals surface area contributed by atoms with Crippen LogP contribution in [0.15, 0.2) is 16.7 Å². The summed E-state index contributed by atoms with van der Waals surface area (Å²) in [5.41, 5.74) is -0.569. The van der Waals surface area contributed by atoms with E-state index in [1.54, 1.807) is 32.9 Å². The van der Waals surface area contributed by atoms with Crippen molar-refractivity contribution in [2.24, 2.45) is 0 Å². The molecule has 0 aliphatic carbocycles. The van der Waals surface area contributed by atoms with Crippen LogP contribution in [0.25, 0.3) is 0 Å². The molecule has 0 saturated carbocycles. The fourth-order valence-electron chi connectivity index (χ4n) is 0.836. The van der Waals surface area contributed by atoms with Crippen LogP contribution in [0.2, 0.25) is 0 Å². The Labute approximate surface area is 116 Å². The van der Waals surface area contributed by atoms with Crippen molar-refractivity contribution in [2.75, 3.05) is 0 Å². The van der Waals surface area contributed by atoms with Crippen LogP contribution in [0.5, 0.6) is 5.75 Å². The first kappa shape index (κ1) is 13.7. The molecule has 0 aliphatic rings. The molecular formula is C10H11BrINO3.